The summed E-state index contributed by atoms with van der Waals surface area (Å²) in [6, 6.07) is 8.27. The average molecular weight is 363 g/mol. The molecule has 0 aliphatic heterocycles. The van der Waals surface area contributed by atoms with Gasteiger partial charge in [-0.25, -0.2) is 13.6 Å². The number of hydrogen-bond acceptors (Lipinski definition) is 3. The maximum absolute atomic E-state index is 13.4. The van der Waals surface area contributed by atoms with Crippen LogP contribution in [-0.4, -0.2) is 13.2 Å². The second kappa shape index (κ2) is 8.65. The van der Waals surface area contributed by atoms with Crippen LogP contribution < -0.4 is 10.1 Å². The highest BCUT2D eigenvalue weighted by Gasteiger charge is 2.18. The van der Waals surface area contributed by atoms with Crippen LogP contribution in [0.1, 0.15) is 41.2 Å². The Labute approximate surface area is 152 Å². The van der Waals surface area contributed by atoms with E-state index in [2.05, 4.69) is 17.0 Å². The fraction of sp³-hybridized carbons (Fsp3) is 0.350. The first-order valence-electron chi connectivity index (χ1n) is 8.35. The maximum atomic E-state index is 13.4. The summed E-state index contributed by atoms with van der Waals surface area (Å²) in [6.07, 6.45) is -2.50. The van der Waals surface area contributed by atoms with E-state index >= 15 is 0 Å². The number of carbonyl (C=O) groups is 1. The Morgan fingerprint density at radius 1 is 1.19 bits per heavy atom. The molecule has 6 heteroatoms. The summed E-state index contributed by atoms with van der Waals surface area (Å²) in [7, 11) is 1.21. The van der Waals surface area contributed by atoms with Crippen molar-refractivity contribution in [2.75, 3.05) is 12.4 Å². The second-order valence-corrected chi connectivity index (χ2v) is 5.98. The average Bonchev–Trinajstić information content (AvgIpc) is 2.62. The summed E-state index contributed by atoms with van der Waals surface area (Å²) in [5.41, 5.74) is 3.53. The molecule has 2 rings (SSSR count). The molecule has 1 amide bonds. The molecule has 140 valence electrons. The monoisotopic (exact) mass is 363 g/mol. The largest absolute Gasteiger partial charge is 0.489 e. The summed E-state index contributed by atoms with van der Waals surface area (Å²) in [6.45, 7) is 5.89. The minimum absolute atomic E-state index is 0.0917. The normalized spacial score (nSPS) is 10.7. The lowest BCUT2D eigenvalue weighted by molar-refractivity contribution is 0.148. The van der Waals surface area contributed by atoms with Gasteiger partial charge in [-0.3, -0.25) is 5.32 Å². The zero-order chi connectivity index (χ0) is 19.3. The molecule has 0 bridgehead atoms. The molecule has 0 radical (unpaired) electrons. The van der Waals surface area contributed by atoms with E-state index in [9.17, 15) is 13.6 Å². The van der Waals surface area contributed by atoms with Crippen LogP contribution in [0.3, 0.4) is 0 Å². The first-order valence-corrected chi connectivity index (χ1v) is 8.35. The van der Waals surface area contributed by atoms with Crippen LogP contribution in [0.4, 0.5) is 19.3 Å². The SMILES string of the molecule is CCc1cc(C)c(OCc2c(NC(=O)OC)cccc2C(F)F)cc1C. The van der Waals surface area contributed by atoms with Gasteiger partial charge in [0.25, 0.3) is 6.43 Å². The predicted octanol–water partition coefficient (Wildman–Crippen LogP) is 5.56. The van der Waals surface area contributed by atoms with Crippen molar-refractivity contribution in [2.45, 2.75) is 40.2 Å². The van der Waals surface area contributed by atoms with Gasteiger partial charge in [0.05, 0.1) is 12.8 Å². The third-order valence-electron chi connectivity index (χ3n) is 4.26. The van der Waals surface area contributed by atoms with E-state index in [1.165, 1.54) is 24.8 Å². The number of halogens is 2. The van der Waals surface area contributed by atoms with Crippen LogP contribution in [-0.2, 0) is 17.8 Å². The zero-order valence-electron chi connectivity index (χ0n) is 15.4. The predicted molar refractivity (Wildman–Crippen MR) is 97.1 cm³/mol. The third kappa shape index (κ3) is 4.50. The van der Waals surface area contributed by atoms with Crippen LogP contribution >= 0.6 is 0 Å². The first-order chi connectivity index (χ1) is 12.4. The molecule has 2 aromatic carbocycles. The zero-order valence-corrected chi connectivity index (χ0v) is 15.4. The van der Waals surface area contributed by atoms with Gasteiger partial charge in [-0.2, -0.15) is 0 Å². The summed E-state index contributed by atoms with van der Waals surface area (Å²) < 4.78 is 37.2. The number of methoxy groups -OCH3 is 1. The molecular weight excluding hydrogens is 340 g/mol. The van der Waals surface area contributed by atoms with Crippen molar-refractivity contribution >= 4 is 11.8 Å². The molecule has 0 atom stereocenters. The Balaban J connectivity index is 2.33. The maximum Gasteiger partial charge on any atom is 0.411 e. The number of alkyl halides is 2. The number of hydrogen-bond donors (Lipinski definition) is 1. The van der Waals surface area contributed by atoms with Crippen LogP contribution in [0.2, 0.25) is 0 Å². The summed E-state index contributed by atoms with van der Waals surface area (Å²) >= 11 is 0. The first kappa shape index (κ1) is 19.7. The molecule has 0 aliphatic carbocycles. The number of anilines is 1. The van der Waals surface area contributed by atoms with Gasteiger partial charge in [0.15, 0.2) is 0 Å². The van der Waals surface area contributed by atoms with Crippen molar-refractivity contribution in [3.63, 3.8) is 0 Å². The van der Waals surface area contributed by atoms with E-state index in [0.29, 0.717) is 5.75 Å². The lowest BCUT2D eigenvalue weighted by atomic mass is 10.0. The highest BCUT2D eigenvalue weighted by molar-refractivity contribution is 5.85. The molecule has 0 aromatic heterocycles. The van der Waals surface area contributed by atoms with Crippen molar-refractivity contribution in [1.82, 2.24) is 0 Å². The molecular formula is C20H23F2NO3. The molecule has 4 nitrogen and oxygen atoms in total. The Morgan fingerprint density at radius 2 is 1.92 bits per heavy atom. The van der Waals surface area contributed by atoms with E-state index < -0.39 is 12.5 Å². The molecule has 0 spiro atoms. The molecule has 0 saturated carbocycles. The molecule has 1 N–H and O–H groups in total. The van der Waals surface area contributed by atoms with E-state index in [4.69, 9.17) is 4.74 Å². The smallest absolute Gasteiger partial charge is 0.411 e. The standard InChI is InChI=1S/C20H23F2NO3/c1-5-14-9-13(3)18(10-12(14)2)26-11-16-15(19(21)22)7-6-8-17(16)23-20(24)25-4/h6-10,19H,5,11H2,1-4H3,(H,23,24). The van der Waals surface area contributed by atoms with Crippen molar-refractivity contribution < 1.29 is 23.0 Å². The lowest BCUT2D eigenvalue weighted by Gasteiger charge is -2.17. The van der Waals surface area contributed by atoms with Gasteiger partial charge in [-0.1, -0.05) is 25.1 Å². The summed E-state index contributed by atoms with van der Waals surface area (Å²) in [4.78, 5) is 11.5. The van der Waals surface area contributed by atoms with Crippen LogP contribution in [0, 0.1) is 13.8 Å². The van der Waals surface area contributed by atoms with Gasteiger partial charge in [0.2, 0.25) is 0 Å². The van der Waals surface area contributed by atoms with Crippen molar-refractivity contribution in [2.24, 2.45) is 0 Å². The number of rotatable bonds is 6. The van der Waals surface area contributed by atoms with Crippen molar-refractivity contribution in [3.05, 3.63) is 58.1 Å². The number of amides is 1. The molecule has 0 heterocycles. The molecule has 26 heavy (non-hydrogen) atoms. The minimum Gasteiger partial charge on any atom is -0.489 e. The van der Waals surface area contributed by atoms with E-state index in [-0.39, 0.29) is 23.4 Å². The number of nitrogens with one attached hydrogen (secondary N) is 1. The third-order valence-corrected chi connectivity index (χ3v) is 4.26. The van der Waals surface area contributed by atoms with Gasteiger partial charge in [-0.05, 0) is 49.1 Å². The molecule has 2 aromatic rings. The van der Waals surface area contributed by atoms with E-state index in [1.807, 2.05) is 26.0 Å². The molecule has 0 unspecified atom stereocenters. The Hall–Kier alpha value is -2.63. The summed E-state index contributed by atoms with van der Waals surface area (Å²) in [5.74, 6) is 0.632. The Bertz CT molecular complexity index is 791. The van der Waals surface area contributed by atoms with Crippen molar-refractivity contribution in [3.8, 4) is 5.75 Å². The van der Waals surface area contributed by atoms with E-state index in [1.54, 1.807) is 6.07 Å². The second-order valence-electron chi connectivity index (χ2n) is 5.98. The van der Waals surface area contributed by atoms with Gasteiger partial charge in [0.1, 0.15) is 12.4 Å². The van der Waals surface area contributed by atoms with Gasteiger partial charge in [0, 0.05) is 11.1 Å². The van der Waals surface area contributed by atoms with Crippen LogP contribution in [0.5, 0.6) is 5.75 Å². The Morgan fingerprint density at radius 3 is 2.54 bits per heavy atom. The van der Waals surface area contributed by atoms with Gasteiger partial charge < -0.3 is 9.47 Å². The molecule has 0 aliphatic rings. The van der Waals surface area contributed by atoms with E-state index in [0.717, 1.165) is 17.5 Å². The number of benzene rings is 2. The number of carbonyl (C=O) groups excluding carboxylic acids is 1. The Kier molecular flexibility index (Phi) is 6.55. The number of aryl methyl sites for hydroxylation is 3. The lowest BCUT2D eigenvalue weighted by Crippen LogP contribution is -2.14. The molecule has 0 fully saturated rings. The fourth-order valence-corrected chi connectivity index (χ4v) is 2.78. The minimum atomic E-state index is -2.68. The fourth-order valence-electron chi connectivity index (χ4n) is 2.78. The van der Waals surface area contributed by atoms with Crippen LogP contribution in [0.25, 0.3) is 0 Å². The van der Waals surface area contributed by atoms with Gasteiger partial charge in [-0.15, -0.1) is 0 Å². The highest BCUT2D eigenvalue weighted by atomic mass is 19.3. The molecule has 0 saturated heterocycles. The van der Waals surface area contributed by atoms with Gasteiger partial charge >= 0.3 is 6.09 Å². The van der Waals surface area contributed by atoms with Crippen LogP contribution in [0.15, 0.2) is 30.3 Å². The topological polar surface area (TPSA) is 47.6 Å². The quantitative estimate of drug-likeness (QED) is 0.731. The number of ether oxygens (including phenoxy) is 2. The summed E-state index contributed by atoms with van der Waals surface area (Å²) in [5, 5.41) is 2.46. The highest BCUT2D eigenvalue weighted by Crippen LogP contribution is 2.31. The van der Waals surface area contributed by atoms with Crippen molar-refractivity contribution in [1.29, 1.82) is 0 Å².